The van der Waals surface area contributed by atoms with E-state index in [0.29, 0.717) is 17.0 Å². The smallest absolute Gasteiger partial charge is 0.452 e. The third-order valence-electron chi connectivity index (χ3n) is 3.58. The number of fused-ring (bicyclic) bond motifs is 1. The second kappa shape index (κ2) is 6.72. The number of carbonyl (C=O) groups is 1. The fraction of sp³-hybridized carbons (Fsp3) is 0.118. The standard InChI is InChI=1S/C17H14ClN3O3/c1-24-17(23)20-19-15-13-4-2-3-5-14(13)21(16(15)22)10-11-6-8-12(18)9-7-11/h2-9,22H,10H2,1H3. The maximum absolute atomic E-state index is 11.2. The average molecular weight is 344 g/mol. The van der Waals surface area contributed by atoms with Crippen LogP contribution in [0.5, 0.6) is 5.88 Å². The number of rotatable bonds is 3. The molecule has 1 N–H and O–H groups in total. The molecule has 0 atom stereocenters. The summed E-state index contributed by atoms with van der Waals surface area (Å²) in [4.78, 5) is 11.2. The molecule has 0 saturated heterocycles. The normalized spacial score (nSPS) is 11.2. The number of nitrogens with zero attached hydrogens (tertiary/aromatic N) is 3. The fourth-order valence-corrected chi connectivity index (χ4v) is 2.56. The van der Waals surface area contributed by atoms with Crippen LogP contribution in [0.3, 0.4) is 0 Å². The van der Waals surface area contributed by atoms with Gasteiger partial charge >= 0.3 is 6.09 Å². The molecule has 1 amide bonds. The lowest BCUT2D eigenvalue weighted by Gasteiger charge is -2.07. The van der Waals surface area contributed by atoms with E-state index in [0.717, 1.165) is 11.1 Å². The van der Waals surface area contributed by atoms with E-state index in [1.165, 1.54) is 7.11 Å². The van der Waals surface area contributed by atoms with Crippen LogP contribution in [0.1, 0.15) is 5.56 Å². The Bertz CT molecular complexity index is 917. The number of aromatic nitrogens is 1. The number of halogens is 1. The Balaban J connectivity index is 2.07. The zero-order valence-corrected chi connectivity index (χ0v) is 13.6. The lowest BCUT2D eigenvalue weighted by atomic mass is 10.2. The van der Waals surface area contributed by atoms with Gasteiger partial charge in [-0.2, -0.15) is 0 Å². The molecule has 0 saturated carbocycles. The van der Waals surface area contributed by atoms with E-state index in [4.69, 9.17) is 11.6 Å². The van der Waals surface area contributed by atoms with Gasteiger partial charge in [0.1, 0.15) is 0 Å². The minimum atomic E-state index is -0.830. The first-order valence-corrected chi connectivity index (χ1v) is 7.52. The summed E-state index contributed by atoms with van der Waals surface area (Å²) in [6.45, 7) is 0.428. The molecule has 122 valence electrons. The number of amides is 1. The summed E-state index contributed by atoms with van der Waals surface area (Å²) >= 11 is 5.90. The molecule has 0 unspecified atom stereocenters. The second-order valence-electron chi connectivity index (χ2n) is 5.07. The van der Waals surface area contributed by atoms with Crippen LogP contribution < -0.4 is 0 Å². The van der Waals surface area contributed by atoms with Crippen molar-refractivity contribution in [2.24, 2.45) is 10.2 Å². The molecule has 0 aliphatic heterocycles. The fourth-order valence-electron chi connectivity index (χ4n) is 2.43. The van der Waals surface area contributed by atoms with E-state index in [-0.39, 0.29) is 11.6 Å². The molecule has 7 heteroatoms. The van der Waals surface area contributed by atoms with Crippen LogP contribution in [-0.4, -0.2) is 22.9 Å². The van der Waals surface area contributed by atoms with Crippen LogP contribution in [0.25, 0.3) is 10.9 Å². The van der Waals surface area contributed by atoms with Crippen molar-refractivity contribution >= 4 is 34.3 Å². The monoisotopic (exact) mass is 343 g/mol. The van der Waals surface area contributed by atoms with Gasteiger partial charge in [-0.1, -0.05) is 47.0 Å². The van der Waals surface area contributed by atoms with Crippen molar-refractivity contribution in [3.63, 3.8) is 0 Å². The number of benzene rings is 2. The van der Waals surface area contributed by atoms with Crippen molar-refractivity contribution in [1.29, 1.82) is 0 Å². The molecule has 1 aromatic heterocycles. The van der Waals surface area contributed by atoms with E-state index in [1.54, 1.807) is 22.8 Å². The van der Waals surface area contributed by atoms with Crippen molar-refractivity contribution in [3.8, 4) is 5.88 Å². The number of azo groups is 1. The second-order valence-corrected chi connectivity index (χ2v) is 5.51. The molecule has 3 aromatic rings. The number of aromatic hydroxyl groups is 1. The van der Waals surface area contributed by atoms with Gasteiger partial charge in [0.25, 0.3) is 0 Å². The molecule has 6 nitrogen and oxygen atoms in total. The van der Waals surface area contributed by atoms with Crippen LogP contribution in [0.4, 0.5) is 10.5 Å². The van der Waals surface area contributed by atoms with Gasteiger partial charge in [-0.3, -0.25) is 0 Å². The predicted molar refractivity (Wildman–Crippen MR) is 91.1 cm³/mol. The molecule has 0 spiro atoms. The zero-order valence-electron chi connectivity index (χ0n) is 12.8. The Hall–Kier alpha value is -2.86. The summed E-state index contributed by atoms with van der Waals surface area (Å²) in [7, 11) is 1.21. The first-order chi connectivity index (χ1) is 11.6. The molecule has 2 aromatic carbocycles. The van der Waals surface area contributed by atoms with Crippen LogP contribution >= 0.6 is 11.6 Å². The van der Waals surface area contributed by atoms with Gasteiger partial charge in [-0.05, 0) is 23.8 Å². The Morgan fingerprint density at radius 1 is 1.21 bits per heavy atom. The molecule has 1 heterocycles. The van der Waals surface area contributed by atoms with Crippen molar-refractivity contribution < 1.29 is 14.6 Å². The number of para-hydroxylation sites is 1. The third kappa shape index (κ3) is 3.09. The van der Waals surface area contributed by atoms with E-state index in [1.807, 2.05) is 30.3 Å². The van der Waals surface area contributed by atoms with Gasteiger partial charge in [-0.15, -0.1) is 5.11 Å². The number of hydrogen-bond acceptors (Lipinski definition) is 4. The van der Waals surface area contributed by atoms with Gasteiger partial charge in [0.15, 0.2) is 5.69 Å². The minimum Gasteiger partial charge on any atom is -0.493 e. The first kappa shape index (κ1) is 16.0. The Morgan fingerprint density at radius 2 is 1.92 bits per heavy atom. The Morgan fingerprint density at radius 3 is 2.62 bits per heavy atom. The average Bonchev–Trinajstić information content (AvgIpc) is 2.86. The van der Waals surface area contributed by atoms with Gasteiger partial charge in [0, 0.05) is 10.4 Å². The van der Waals surface area contributed by atoms with Gasteiger partial charge in [0.2, 0.25) is 5.88 Å². The maximum atomic E-state index is 11.2. The summed E-state index contributed by atoms with van der Waals surface area (Å²) in [5.41, 5.74) is 1.97. The Kier molecular flexibility index (Phi) is 4.48. The largest absolute Gasteiger partial charge is 0.493 e. The molecule has 0 aliphatic carbocycles. The molecule has 0 fully saturated rings. The summed E-state index contributed by atoms with van der Waals surface area (Å²) in [6, 6.07) is 14.7. The highest BCUT2D eigenvalue weighted by atomic mass is 35.5. The molecular formula is C17H14ClN3O3. The number of ether oxygens (including phenoxy) is 1. The molecular weight excluding hydrogens is 330 g/mol. The van der Waals surface area contributed by atoms with Gasteiger partial charge < -0.3 is 14.4 Å². The van der Waals surface area contributed by atoms with Crippen molar-refractivity contribution in [1.82, 2.24) is 4.57 Å². The molecule has 3 rings (SSSR count). The number of carbonyl (C=O) groups excluding carboxylic acids is 1. The highest BCUT2D eigenvalue weighted by Gasteiger charge is 2.17. The van der Waals surface area contributed by atoms with Crippen LogP contribution in [-0.2, 0) is 11.3 Å². The summed E-state index contributed by atoms with van der Waals surface area (Å²) in [5.74, 6) is -0.0706. The third-order valence-corrected chi connectivity index (χ3v) is 3.83. The van der Waals surface area contributed by atoms with Gasteiger partial charge in [0.05, 0.1) is 19.2 Å². The quantitative estimate of drug-likeness (QED) is 0.687. The van der Waals surface area contributed by atoms with Crippen LogP contribution in [0.15, 0.2) is 58.8 Å². The predicted octanol–water partition coefficient (Wildman–Crippen LogP) is 4.90. The highest BCUT2D eigenvalue weighted by Crippen LogP contribution is 2.39. The van der Waals surface area contributed by atoms with E-state index in [2.05, 4.69) is 15.0 Å². The Labute approximate surface area is 143 Å². The summed E-state index contributed by atoms with van der Waals surface area (Å²) in [5, 5.41) is 19.2. The number of methoxy groups -OCH3 is 1. The van der Waals surface area contributed by atoms with Crippen molar-refractivity contribution in [2.75, 3.05) is 7.11 Å². The van der Waals surface area contributed by atoms with E-state index < -0.39 is 6.09 Å². The van der Waals surface area contributed by atoms with Crippen molar-refractivity contribution in [3.05, 3.63) is 59.1 Å². The van der Waals surface area contributed by atoms with Crippen LogP contribution in [0, 0.1) is 0 Å². The minimum absolute atomic E-state index is 0.0706. The first-order valence-electron chi connectivity index (χ1n) is 7.14. The van der Waals surface area contributed by atoms with E-state index >= 15 is 0 Å². The lowest BCUT2D eigenvalue weighted by molar-refractivity contribution is 0.181. The maximum Gasteiger partial charge on any atom is 0.452 e. The molecule has 0 aliphatic rings. The SMILES string of the molecule is COC(=O)N=Nc1c(O)n(Cc2ccc(Cl)cc2)c2ccccc12. The molecule has 0 bridgehead atoms. The topological polar surface area (TPSA) is 76.2 Å². The highest BCUT2D eigenvalue weighted by molar-refractivity contribution is 6.30. The van der Waals surface area contributed by atoms with Crippen LogP contribution in [0.2, 0.25) is 5.02 Å². The number of hydrogen-bond donors (Lipinski definition) is 1. The zero-order chi connectivity index (χ0) is 17.1. The van der Waals surface area contributed by atoms with E-state index in [9.17, 15) is 9.90 Å². The molecule has 24 heavy (non-hydrogen) atoms. The van der Waals surface area contributed by atoms with Gasteiger partial charge in [-0.25, -0.2) is 4.79 Å². The molecule has 0 radical (unpaired) electrons. The summed E-state index contributed by atoms with van der Waals surface area (Å²) in [6.07, 6.45) is -0.830. The summed E-state index contributed by atoms with van der Waals surface area (Å²) < 4.78 is 6.14. The lowest BCUT2D eigenvalue weighted by Crippen LogP contribution is -1.98. The van der Waals surface area contributed by atoms with Crippen molar-refractivity contribution in [2.45, 2.75) is 6.54 Å².